The monoisotopic (exact) mass is 231 g/mol. The number of carbonyl (C=O) groups excluding carboxylic acids is 1. The van der Waals surface area contributed by atoms with E-state index >= 15 is 0 Å². The fourth-order valence-electron chi connectivity index (χ4n) is 1.01. The number of benzene rings is 1. The first-order valence-electron chi connectivity index (χ1n) is 4.42. The molecule has 15 heavy (non-hydrogen) atoms. The Morgan fingerprint density at radius 3 is 2.93 bits per heavy atom. The lowest BCUT2D eigenvalue weighted by Gasteiger charge is -2.07. The van der Waals surface area contributed by atoms with Crippen molar-refractivity contribution in [3.63, 3.8) is 0 Å². The van der Waals surface area contributed by atoms with Crippen LogP contribution in [0.25, 0.3) is 0 Å². The Hall–Kier alpha value is -1.13. The smallest absolute Gasteiger partial charge is 0.254 e. The molecular formula is C10H11ClFNO2. The quantitative estimate of drug-likeness (QED) is 0.830. The molecule has 0 aliphatic rings. The zero-order chi connectivity index (χ0) is 11.4. The molecule has 2 N–H and O–H groups in total. The molecule has 5 heteroatoms. The van der Waals surface area contributed by atoms with Crippen LogP contribution in [0.15, 0.2) is 18.2 Å². The lowest BCUT2D eigenvalue weighted by molar-refractivity contribution is 0.0920. The van der Waals surface area contributed by atoms with Gasteiger partial charge in [-0.1, -0.05) is 11.6 Å². The lowest BCUT2D eigenvalue weighted by atomic mass is 10.2. The molecule has 1 rings (SSSR count). The van der Waals surface area contributed by atoms with E-state index in [1.165, 1.54) is 19.1 Å². The lowest BCUT2D eigenvalue weighted by Crippen LogP contribution is -2.31. The van der Waals surface area contributed by atoms with Crippen molar-refractivity contribution in [3.05, 3.63) is 34.6 Å². The third kappa shape index (κ3) is 3.49. The molecule has 82 valence electrons. The van der Waals surface area contributed by atoms with E-state index in [1.54, 1.807) is 0 Å². The highest BCUT2D eigenvalue weighted by Gasteiger charge is 2.12. The minimum absolute atomic E-state index is 0.0742. The summed E-state index contributed by atoms with van der Waals surface area (Å²) in [4.78, 5) is 11.4. The van der Waals surface area contributed by atoms with Gasteiger partial charge in [-0.25, -0.2) is 4.39 Å². The average molecular weight is 232 g/mol. The number of aliphatic hydroxyl groups is 1. The Balaban J connectivity index is 2.77. The van der Waals surface area contributed by atoms with E-state index in [0.717, 1.165) is 6.07 Å². The van der Waals surface area contributed by atoms with Crippen molar-refractivity contribution in [2.75, 3.05) is 6.54 Å². The van der Waals surface area contributed by atoms with Crippen LogP contribution < -0.4 is 5.32 Å². The molecule has 0 bridgehead atoms. The van der Waals surface area contributed by atoms with E-state index < -0.39 is 17.8 Å². The molecule has 0 radical (unpaired) electrons. The van der Waals surface area contributed by atoms with E-state index in [9.17, 15) is 9.18 Å². The van der Waals surface area contributed by atoms with Gasteiger partial charge in [-0.05, 0) is 25.1 Å². The predicted molar refractivity (Wildman–Crippen MR) is 55.4 cm³/mol. The van der Waals surface area contributed by atoms with Gasteiger partial charge >= 0.3 is 0 Å². The van der Waals surface area contributed by atoms with Crippen molar-refractivity contribution in [3.8, 4) is 0 Å². The molecular weight excluding hydrogens is 221 g/mol. The minimum atomic E-state index is -0.670. The van der Waals surface area contributed by atoms with E-state index in [1.807, 2.05) is 0 Å². The van der Waals surface area contributed by atoms with Crippen LogP contribution in [0.4, 0.5) is 4.39 Å². The number of carbonyl (C=O) groups is 1. The molecule has 0 aliphatic heterocycles. The number of aliphatic hydroxyl groups excluding tert-OH is 1. The first-order valence-corrected chi connectivity index (χ1v) is 4.80. The number of hydrogen-bond donors (Lipinski definition) is 2. The molecule has 0 saturated heterocycles. The van der Waals surface area contributed by atoms with Crippen molar-refractivity contribution in [2.24, 2.45) is 0 Å². The van der Waals surface area contributed by atoms with Gasteiger partial charge in [-0.2, -0.15) is 0 Å². The minimum Gasteiger partial charge on any atom is -0.392 e. The Bertz CT molecular complexity index is 368. The van der Waals surface area contributed by atoms with Gasteiger partial charge < -0.3 is 10.4 Å². The number of hydrogen-bond acceptors (Lipinski definition) is 2. The summed E-state index contributed by atoms with van der Waals surface area (Å²) in [5, 5.41) is 11.6. The summed E-state index contributed by atoms with van der Waals surface area (Å²) in [6.45, 7) is 1.60. The Morgan fingerprint density at radius 2 is 2.33 bits per heavy atom. The molecule has 1 aromatic carbocycles. The summed E-state index contributed by atoms with van der Waals surface area (Å²) in [6, 6.07) is 3.73. The largest absolute Gasteiger partial charge is 0.392 e. The van der Waals surface area contributed by atoms with Gasteiger partial charge in [0.05, 0.1) is 11.7 Å². The Kier molecular flexibility index (Phi) is 4.05. The van der Waals surface area contributed by atoms with Crippen LogP contribution in [0.1, 0.15) is 17.3 Å². The summed E-state index contributed by atoms with van der Waals surface area (Å²) in [7, 11) is 0. The average Bonchev–Trinajstić information content (AvgIpc) is 2.18. The number of nitrogens with one attached hydrogen (secondary N) is 1. The van der Waals surface area contributed by atoms with E-state index in [4.69, 9.17) is 16.7 Å². The van der Waals surface area contributed by atoms with Crippen LogP contribution in [-0.2, 0) is 0 Å². The third-order valence-corrected chi connectivity index (χ3v) is 1.97. The van der Waals surface area contributed by atoms with Gasteiger partial charge in [0, 0.05) is 11.6 Å². The standard InChI is InChI=1S/C10H11ClFNO2/c1-6(14)5-13-10(15)8-4-7(11)2-3-9(8)12/h2-4,6,14H,5H2,1H3,(H,13,15). The Labute approximate surface area is 91.9 Å². The molecule has 1 amide bonds. The van der Waals surface area contributed by atoms with Gasteiger partial charge in [0.2, 0.25) is 0 Å². The summed E-state index contributed by atoms with van der Waals surface area (Å²) in [5.41, 5.74) is -0.122. The normalized spacial score (nSPS) is 12.3. The van der Waals surface area contributed by atoms with Gasteiger partial charge in [-0.15, -0.1) is 0 Å². The first-order chi connectivity index (χ1) is 7.00. The fourth-order valence-corrected chi connectivity index (χ4v) is 1.18. The zero-order valence-corrected chi connectivity index (χ0v) is 8.88. The van der Waals surface area contributed by atoms with Crippen LogP contribution in [0, 0.1) is 5.82 Å². The van der Waals surface area contributed by atoms with Crippen molar-refractivity contribution in [1.82, 2.24) is 5.32 Å². The topological polar surface area (TPSA) is 49.3 Å². The van der Waals surface area contributed by atoms with Crippen molar-refractivity contribution in [1.29, 1.82) is 0 Å². The fraction of sp³-hybridized carbons (Fsp3) is 0.300. The van der Waals surface area contributed by atoms with Crippen LogP contribution >= 0.6 is 11.6 Å². The summed E-state index contributed by atoms with van der Waals surface area (Å²) in [5.74, 6) is -1.22. The highest BCUT2D eigenvalue weighted by atomic mass is 35.5. The molecule has 0 spiro atoms. The van der Waals surface area contributed by atoms with Crippen LogP contribution in [-0.4, -0.2) is 23.7 Å². The molecule has 0 heterocycles. The number of halogens is 2. The SMILES string of the molecule is CC(O)CNC(=O)c1cc(Cl)ccc1F. The van der Waals surface area contributed by atoms with E-state index in [-0.39, 0.29) is 12.1 Å². The highest BCUT2D eigenvalue weighted by molar-refractivity contribution is 6.30. The second-order valence-corrected chi connectivity index (χ2v) is 3.62. The van der Waals surface area contributed by atoms with Gasteiger partial charge in [0.1, 0.15) is 5.82 Å². The van der Waals surface area contributed by atoms with E-state index in [0.29, 0.717) is 5.02 Å². The molecule has 3 nitrogen and oxygen atoms in total. The number of amides is 1. The maximum Gasteiger partial charge on any atom is 0.254 e. The van der Waals surface area contributed by atoms with Crippen molar-refractivity contribution < 1.29 is 14.3 Å². The zero-order valence-electron chi connectivity index (χ0n) is 8.13. The highest BCUT2D eigenvalue weighted by Crippen LogP contribution is 2.14. The second-order valence-electron chi connectivity index (χ2n) is 3.18. The summed E-state index contributed by atoms with van der Waals surface area (Å²) < 4.78 is 13.2. The van der Waals surface area contributed by atoms with Crippen molar-refractivity contribution in [2.45, 2.75) is 13.0 Å². The Morgan fingerprint density at radius 1 is 1.67 bits per heavy atom. The van der Waals surface area contributed by atoms with Crippen LogP contribution in [0.5, 0.6) is 0 Å². The molecule has 0 saturated carbocycles. The van der Waals surface area contributed by atoms with Gasteiger partial charge in [0.15, 0.2) is 0 Å². The molecule has 1 aromatic rings. The summed E-state index contributed by atoms with van der Waals surface area (Å²) >= 11 is 5.63. The maximum atomic E-state index is 13.2. The second kappa shape index (κ2) is 5.09. The van der Waals surface area contributed by atoms with E-state index in [2.05, 4.69) is 5.32 Å². The molecule has 0 fully saturated rings. The van der Waals surface area contributed by atoms with Crippen LogP contribution in [0.3, 0.4) is 0 Å². The predicted octanol–water partition coefficient (Wildman–Crippen LogP) is 1.59. The van der Waals surface area contributed by atoms with Crippen LogP contribution in [0.2, 0.25) is 5.02 Å². The molecule has 0 aromatic heterocycles. The third-order valence-electron chi connectivity index (χ3n) is 1.73. The van der Waals surface area contributed by atoms with Gasteiger partial charge in [0.25, 0.3) is 5.91 Å². The number of rotatable bonds is 3. The molecule has 0 aliphatic carbocycles. The van der Waals surface area contributed by atoms with Crippen molar-refractivity contribution >= 4 is 17.5 Å². The maximum absolute atomic E-state index is 13.2. The first kappa shape index (κ1) is 11.9. The molecule has 1 unspecified atom stereocenters. The summed E-state index contributed by atoms with van der Waals surface area (Å²) in [6.07, 6.45) is -0.670. The molecule has 1 atom stereocenters. The van der Waals surface area contributed by atoms with Gasteiger partial charge in [-0.3, -0.25) is 4.79 Å².